The van der Waals surface area contributed by atoms with Gasteiger partial charge in [0.15, 0.2) is 0 Å². The maximum Gasteiger partial charge on any atom is 0.256 e. The second kappa shape index (κ2) is 7.60. The van der Waals surface area contributed by atoms with Crippen LogP contribution < -0.4 is 10.7 Å². The second-order valence-corrected chi connectivity index (χ2v) is 9.28. The number of amides is 1. The third-order valence-electron chi connectivity index (χ3n) is 7.59. The van der Waals surface area contributed by atoms with Crippen molar-refractivity contribution < 1.29 is 4.79 Å². The molecule has 5 heteroatoms. The molecule has 2 saturated heterocycles. The Morgan fingerprint density at radius 2 is 1.66 bits per heavy atom. The van der Waals surface area contributed by atoms with Gasteiger partial charge in [0.2, 0.25) is 5.43 Å². The van der Waals surface area contributed by atoms with Crippen LogP contribution in [0.3, 0.4) is 0 Å². The van der Waals surface area contributed by atoms with Gasteiger partial charge in [-0.15, -0.1) is 0 Å². The van der Waals surface area contributed by atoms with Crippen LogP contribution in [-0.2, 0) is 0 Å². The number of nitrogens with one attached hydrogen (secondary N) is 1. The maximum atomic E-state index is 13.2. The molecule has 3 atom stereocenters. The highest BCUT2D eigenvalue weighted by Gasteiger charge is 2.39. The molecule has 2 aliphatic heterocycles. The number of hydrogen-bond acceptors (Lipinski definition) is 3. The van der Waals surface area contributed by atoms with E-state index in [1.165, 1.54) is 32.1 Å². The van der Waals surface area contributed by atoms with Crippen LogP contribution in [0.2, 0.25) is 0 Å². The lowest BCUT2D eigenvalue weighted by atomic mass is 9.94. The number of aromatic nitrogens is 1. The Balaban J connectivity index is 1.47. The standard InChI is InChI=1S/C24H31N3O2/c1-26-18-11-12-19(26)14-16(13-18)25-24(29)21-15-27(17-7-3-2-4-8-17)22-10-6-5-9-20(22)23(21)28/h5-6,9-10,15-19H,2-4,7-8,11-14H2,1H3,(H,25,29)/t16?,18-,19+. The predicted molar refractivity (Wildman–Crippen MR) is 115 cm³/mol. The summed E-state index contributed by atoms with van der Waals surface area (Å²) in [5.41, 5.74) is 1.12. The van der Waals surface area contributed by atoms with E-state index in [9.17, 15) is 9.59 Å². The maximum absolute atomic E-state index is 13.2. The Kier molecular flexibility index (Phi) is 4.94. The summed E-state index contributed by atoms with van der Waals surface area (Å²) in [5.74, 6) is -0.195. The van der Waals surface area contributed by atoms with E-state index in [-0.39, 0.29) is 17.4 Å². The van der Waals surface area contributed by atoms with Gasteiger partial charge in [-0.05, 0) is 57.7 Å². The molecule has 1 aromatic heterocycles. The number of para-hydroxylation sites is 1. The van der Waals surface area contributed by atoms with Gasteiger partial charge in [0.05, 0.1) is 5.52 Å². The van der Waals surface area contributed by atoms with Crippen molar-refractivity contribution in [2.45, 2.75) is 82.0 Å². The van der Waals surface area contributed by atoms with Gasteiger partial charge in [0.1, 0.15) is 5.56 Å². The minimum Gasteiger partial charge on any atom is -0.349 e. The quantitative estimate of drug-likeness (QED) is 0.861. The van der Waals surface area contributed by atoms with Crippen molar-refractivity contribution in [2.75, 3.05) is 7.05 Å². The van der Waals surface area contributed by atoms with Gasteiger partial charge in [0, 0.05) is 35.8 Å². The number of piperidine rings is 1. The number of benzene rings is 1. The molecule has 0 radical (unpaired) electrons. The average molecular weight is 394 g/mol. The van der Waals surface area contributed by atoms with E-state index in [1.807, 2.05) is 30.5 Å². The summed E-state index contributed by atoms with van der Waals surface area (Å²) in [6, 6.07) is 9.43. The molecule has 1 amide bonds. The molecule has 154 valence electrons. The fraction of sp³-hybridized carbons (Fsp3) is 0.583. The van der Waals surface area contributed by atoms with Gasteiger partial charge in [-0.25, -0.2) is 0 Å². The molecule has 5 rings (SSSR count). The summed E-state index contributed by atoms with van der Waals surface area (Å²) in [4.78, 5) is 28.8. The first-order valence-corrected chi connectivity index (χ1v) is 11.3. The molecule has 3 aliphatic rings. The summed E-state index contributed by atoms with van der Waals surface area (Å²) in [6.07, 6.45) is 12.2. The van der Waals surface area contributed by atoms with Crippen molar-refractivity contribution >= 4 is 16.8 Å². The highest BCUT2D eigenvalue weighted by atomic mass is 16.2. The largest absolute Gasteiger partial charge is 0.349 e. The van der Waals surface area contributed by atoms with Crippen LogP contribution in [0, 0.1) is 0 Å². The van der Waals surface area contributed by atoms with E-state index < -0.39 is 0 Å². The topological polar surface area (TPSA) is 54.3 Å². The zero-order chi connectivity index (χ0) is 20.0. The molecular formula is C24H31N3O2. The van der Waals surface area contributed by atoms with Crippen LogP contribution >= 0.6 is 0 Å². The molecule has 2 aromatic rings. The SMILES string of the molecule is CN1[C@@H]2CC[C@H]1CC(NC(=O)c1cn(C3CCCCC3)c3ccccc3c1=O)C2. The van der Waals surface area contributed by atoms with Crippen LogP contribution in [0.1, 0.15) is 74.2 Å². The van der Waals surface area contributed by atoms with Gasteiger partial charge < -0.3 is 14.8 Å². The molecule has 3 heterocycles. The Bertz CT molecular complexity index is 962. The van der Waals surface area contributed by atoms with Crippen molar-refractivity contribution in [1.82, 2.24) is 14.8 Å². The molecule has 2 bridgehead atoms. The monoisotopic (exact) mass is 393 g/mol. The fourth-order valence-electron chi connectivity index (χ4n) is 5.92. The second-order valence-electron chi connectivity index (χ2n) is 9.28. The van der Waals surface area contributed by atoms with Gasteiger partial charge in [-0.3, -0.25) is 9.59 Å². The molecule has 1 N–H and O–H groups in total. The van der Waals surface area contributed by atoms with Gasteiger partial charge in [0.25, 0.3) is 5.91 Å². The molecular weight excluding hydrogens is 362 g/mol. The number of pyridine rings is 1. The van der Waals surface area contributed by atoms with E-state index in [0.29, 0.717) is 29.1 Å². The Labute approximate surface area is 172 Å². The molecule has 1 unspecified atom stereocenters. The van der Waals surface area contributed by atoms with E-state index in [2.05, 4.69) is 21.8 Å². The Hall–Kier alpha value is -2.14. The third kappa shape index (κ3) is 3.39. The van der Waals surface area contributed by atoms with E-state index in [0.717, 1.165) is 31.2 Å². The minimum absolute atomic E-state index is 0.138. The number of fused-ring (bicyclic) bond motifs is 3. The lowest BCUT2D eigenvalue weighted by Gasteiger charge is -2.36. The van der Waals surface area contributed by atoms with E-state index in [4.69, 9.17) is 0 Å². The van der Waals surface area contributed by atoms with Gasteiger partial charge >= 0.3 is 0 Å². The number of rotatable bonds is 3. The van der Waals surface area contributed by atoms with Crippen molar-refractivity contribution in [3.05, 3.63) is 46.2 Å². The Morgan fingerprint density at radius 1 is 0.966 bits per heavy atom. The zero-order valence-corrected chi connectivity index (χ0v) is 17.3. The smallest absolute Gasteiger partial charge is 0.256 e. The predicted octanol–water partition coefficient (Wildman–Crippen LogP) is 3.86. The van der Waals surface area contributed by atoms with Crippen LogP contribution in [0.4, 0.5) is 0 Å². The Morgan fingerprint density at radius 3 is 2.38 bits per heavy atom. The first-order chi connectivity index (χ1) is 14.1. The van der Waals surface area contributed by atoms with E-state index >= 15 is 0 Å². The fourth-order valence-corrected chi connectivity index (χ4v) is 5.92. The summed E-state index contributed by atoms with van der Waals surface area (Å²) >= 11 is 0. The number of carbonyl (C=O) groups excluding carboxylic acids is 1. The van der Waals surface area contributed by atoms with Crippen LogP contribution in [0.5, 0.6) is 0 Å². The number of nitrogens with zero attached hydrogens (tertiary/aromatic N) is 2. The summed E-state index contributed by atoms with van der Waals surface area (Å²) < 4.78 is 2.21. The molecule has 5 nitrogen and oxygen atoms in total. The number of hydrogen-bond donors (Lipinski definition) is 1. The van der Waals surface area contributed by atoms with Crippen molar-refractivity contribution in [3.8, 4) is 0 Å². The normalized spacial score (nSPS) is 28.0. The first kappa shape index (κ1) is 18.9. The zero-order valence-electron chi connectivity index (χ0n) is 17.3. The molecule has 1 aliphatic carbocycles. The molecule has 29 heavy (non-hydrogen) atoms. The highest BCUT2D eigenvalue weighted by molar-refractivity contribution is 5.97. The number of carbonyl (C=O) groups is 1. The van der Waals surface area contributed by atoms with Crippen molar-refractivity contribution in [1.29, 1.82) is 0 Å². The summed E-state index contributed by atoms with van der Waals surface area (Å²) in [5, 5.41) is 3.87. The van der Waals surface area contributed by atoms with Crippen LogP contribution in [-0.4, -0.2) is 40.5 Å². The lowest BCUT2D eigenvalue weighted by Crippen LogP contribution is -2.49. The molecule has 0 spiro atoms. The molecule has 1 aromatic carbocycles. The lowest BCUT2D eigenvalue weighted by molar-refractivity contribution is 0.0880. The van der Waals surface area contributed by atoms with Gasteiger partial charge in [-0.1, -0.05) is 31.4 Å². The summed E-state index contributed by atoms with van der Waals surface area (Å²) in [7, 11) is 2.20. The molecule has 1 saturated carbocycles. The third-order valence-corrected chi connectivity index (χ3v) is 7.59. The van der Waals surface area contributed by atoms with Crippen LogP contribution in [0.25, 0.3) is 10.9 Å². The van der Waals surface area contributed by atoms with Crippen LogP contribution in [0.15, 0.2) is 35.3 Å². The van der Waals surface area contributed by atoms with E-state index in [1.54, 1.807) is 0 Å². The first-order valence-electron chi connectivity index (χ1n) is 11.3. The van der Waals surface area contributed by atoms with Crippen molar-refractivity contribution in [2.24, 2.45) is 0 Å². The summed E-state index contributed by atoms with van der Waals surface area (Å²) in [6.45, 7) is 0. The highest BCUT2D eigenvalue weighted by Crippen LogP contribution is 2.34. The molecule has 3 fully saturated rings. The van der Waals surface area contributed by atoms with Crippen molar-refractivity contribution in [3.63, 3.8) is 0 Å². The minimum atomic E-state index is -0.195. The average Bonchev–Trinajstić information content (AvgIpc) is 2.95. The van der Waals surface area contributed by atoms with Gasteiger partial charge in [-0.2, -0.15) is 0 Å².